The normalized spacial score (nSPS) is 13.8. The summed E-state index contributed by atoms with van der Waals surface area (Å²) < 4.78 is 1.82. The quantitative estimate of drug-likeness (QED) is 0.780. The van der Waals surface area contributed by atoms with E-state index in [1.165, 1.54) is 0 Å². The van der Waals surface area contributed by atoms with Crippen LogP contribution in [0, 0.1) is 0 Å². The Morgan fingerprint density at radius 1 is 1.09 bits per heavy atom. The summed E-state index contributed by atoms with van der Waals surface area (Å²) in [6.07, 6.45) is 5.14. The lowest BCUT2D eigenvalue weighted by atomic mass is 9.86. The lowest BCUT2D eigenvalue weighted by molar-refractivity contribution is 0.0613. The van der Waals surface area contributed by atoms with Crippen molar-refractivity contribution < 1.29 is 5.11 Å². The third-order valence-electron chi connectivity index (χ3n) is 3.60. The molecule has 1 unspecified atom stereocenters. The van der Waals surface area contributed by atoms with Crippen LogP contribution in [0.3, 0.4) is 0 Å². The molecule has 0 amide bonds. The molecule has 1 N–H and O–H groups in total. The SMILES string of the molecule is OC(Cn1ccnc1)(c1ccccc1)c1ccc(Cl)cc1Cl. The van der Waals surface area contributed by atoms with Gasteiger partial charge in [-0.15, -0.1) is 0 Å². The second kappa shape index (κ2) is 6.13. The minimum atomic E-state index is -1.27. The van der Waals surface area contributed by atoms with Crippen molar-refractivity contribution in [3.63, 3.8) is 0 Å². The summed E-state index contributed by atoms with van der Waals surface area (Å²) in [4.78, 5) is 4.03. The number of aromatic nitrogens is 2. The molecule has 0 aliphatic rings. The van der Waals surface area contributed by atoms with Gasteiger partial charge in [-0.3, -0.25) is 0 Å². The van der Waals surface area contributed by atoms with Gasteiger partial charge in [0, 0.05) is 28.0 Å². The van der Waals surface area contributed by atoms with Crippen molar-refractivity contribution in [3.05, 3.63) is 88.4 Å². The summed E-state index contributed by atoms with van der Waals surface area (Å²) in [6.45, 7) is 0.304. The smallest absolute Gasteiger partial charge is 0.134 e. The number of benzene rings is 2. The third-order valence-corrected chi connectivity index (χ3v) is 4.15. The van der Waals surface area contributed by atoms with E-state index in [0.717, 1.165) is 5.56 Å². The summed E-state index contributed by atoms with van der Waals surface area (Å²) in [5.74, 6) is 0. The zero-order valence-electron chi connectivity index (χ0n) is 11.7. The molecule has 3 aromatic rings. The van der Waals surface area contributed by atoms with E-state index < -0.39 is 5.60 Å². The first-order chi connectivity index (χ1) is 10.6. The van der Waals surface area contributed by atoms with Crippen molar-refractivity contribution >= 4 is 23.2 Å². The molecule has 112 valence electrons. The molecule has 1 heterocycles. The molecule has 0 bridgehead atoms. The Balaban J connectivity index is 2.14. The Kier molecular flexibility index (Phi) is 4.21. The molecule has 3 rings (SSSR count). The fourth-order valence-electron chi connectivity index (χ4n) is 2.52. The van der Waals surface area contributed by atoms with Gasteiger partial charge in [0.15, 0.2) is 0 Å². The molecule has 0 fully saturated rings. The van der Waals surface area contributed by atoms with Crippen LogP contribution in [0.1, 0.15) is 11.1 Å². The van der Waals surface area contributed by atoms with Crippen molar-refractivity contribution in [2.24, 2.45) is 0 Å². The van der Waals surface area contributed by atoms with E-state index >= 15 is 0 Å². The van der Waals surface area contributed by atoms with Gasteiger partial charge in [-0.2, -0.15) is 0 Å². The summed E-state index contributed by atoms with van der Waals surface area (Å²) in [6, 6.07) is 14.6. The van der Waals surface area contributed by atoms with Crippen molar-refractivity contribution in [3.8, 4) is 0 Å². The Morgan fingerprint density at radius 3 is 2.50 bits per heavy atom. The maximum atomic E-state index is 11.4. The van der Waals surface area contributed by atoms with Gasteiger partial charge >= 0.3 is 0 Å². The van der Waals surface area contributed by atoms with Crippen LogP contribution in [0.4, 0.5) is 0 Å². The van der Waals surface area contributed by atoms with Gasteiger partial charge in [0.25, 0.3) is 0 Å². The van der Waals surface area contributed by atoms with Gasteiger partial charge in [-0.25, -0.2) is 4.98 Å². The van der Waals surface area contributed by atoms with Gasteiger partial charge in [-0.1, -0.05) is 59.6 Å². The highest BCUT2D eigenvalue weighted by atomic mass is 35.5. The lowest BCUT2D eigenvalue weighted by Crippen LogP contribution is -2.32. The van der Waals surface area contributed by atoms with Crippen molar-refractivity contribution in [1.82, 2.24) is 9.55 Å². The van der Waals surface area contributed by atoms with Gasteiger partial charge in [-0.05, 0) is 17.7 Å². The number of hydrogen-bond acceptors (Lipinski definition) is 2. The second-order valence-electron chi connectivity index (χ2n) is 5.09. The Labute approximate surface area is 138 Å². The van der Waals surface area contributed by atoms with Crippen LogP contribution in [0.25, 0.3) is 0 Å². The van der Waals surface area contributed by atoms with Crippen LogP contribution in [0.2, 0.25) is 10.0 Å². The average molecular weight is 333 g/mol. The first-order valence-corrected chi connectivity index (χ1v) is 7.54. The Hall–Kier alpha value is -1.81. The molecular formula is C17H14Cl2N2O. The van der Waals surface area contributed by atoms with E-state index in [1.54, 1.807) is 36.9 Å². The fraction of sp³-hybridized carbons (Fsp3) is 0.118. The maximum absolute atomic E-state index is 11.4. The average Bonchev–Trinajstić information content (AvgIpc) is 3.00. The minimum Gasteiger partial charge on any atom is -0.378 e. The monoisotopic (exact) mass is 332 g/mol. The highest BCUT2D eigenvalue weighted by Gasteiger charge is 2.34. The van der Waals surface area contributed by atoms with Crippen LogP contribution in [-0.4, -0.2) is 14.7 Å². The number of halogens is 2. The van der Waals surface area contributed by atoms with Gasteiger partial charge in [0.05, 0.1) is 12.9 Å². The van der Waals surface area contributed by atoms with E-state index in [0.29, 0.717) is 22.2 Å². The molecule has 0 saturated carbocycles. The zero-order chi connectivity index (χ0) is 15.6. The molecule has 5 heteroatoms. The van der Waals surface area contributed by atoms with E-state index in [1.807, 2.05) is 34.9 Å². The van der Waals surface area contributed by atoms with Crippen molar-refractivity contribution in [1.29, 1.82) is 0 Å². The molecule has 0 radical (unpaired) electrons. The standard InChI is InChI=1S/C17H14Cl2N2O/c18-14-6-7-15(16(19)10-14)17(22,11-21-9-8-20-12-21)13-4-2-1-3-5-13/h1-10,12,22H,11H2. The summed E-state index contributed by atoms with van der Waals surface area (Å²) >= 11 is 12.3. The van der Waals surface area contributed by atoms with Crippen LogP contribution in [-0.2, 0) is 12.1 Å². The van der Waals surface area contributed by atoms with Crippen LogP contribution < -0.4 is 0 Å². The van der Waals surface area contributed by atoms with Crippen molar-refractivity contribution in [2.75, 3.05) is 0 Å². The van der Waals surface area contributed by atoms with E-state index in [2.05, 4.69) is 4.98 Å². The number of imidazole rings is 1. The van der Waals surface area contributed by atoms with Crippen LogP contribution in [0.5, 0.6) is 0 Å². The van der Waals surface area contributed by atoms with Gasteiger partial charge in [0.2, 0.25) is 0 Å². The highest BCUT2D eigenvalue weighted by Crippen LogP contribution is 2.36. The highest BCUT2D eigenvalue weighted by molar-refractivity contribution is 6.35. The largest absolute Gasteiger partial charge is 0.378 e. The Bertz CT molecular complexity index is 760. The predicted octanol–water partition coefficient (Wildman–Crippen LogP) is 4.13. The van der Waals surface area contributed by atoms with Crippen molar-refractivity contribution in [2.45, 2.75) is 12.1 Å². The van der Waals surface area contributed by atoms with E-state index in [4.69, 9.17) is 23.2 Å². The van der Waals surface area contributed by atoms with Gasteiger partial charge < -0.3 is 9.67 Å². The zero-order valence-corrected chi connectivity index (χ0v) is 13.2. The number of aliphatic hydroxyl groups is 1. The number of nitrogens with zero attached hydrogens (tertiary/aromatic N) is 2. The molecular weight excluding hydrogens is 319 g/mol. The predicted molar refractivity (Wildman–Crippen MR) is 88.1 cm³/mol. The van der Waals surface area contributed by atoms with E-state index in [-0.39, 0.29) is 0 Å². The number of hydrogen-bond donors (Lipinski definition) is 1. The van der Waals surface area contributed by atoms with E-state index in [9.17, 15) is 5.11 Å². The topological polar surface area (TPSA) is 38.0 Å². The summed E-state index contributed by atoms with van der Waals surface area (Å²) in [5, 5.41) is 12.4. The van der Waals surface area contributed by atoms with Gasteiger partial charge in [0.1, 0.15) is 5.60 Å². The second-order valence-corrected chi connectivity index (χ2v) is 5.93. The first kappa shape index (κ1) is 15.1. The molecule has 0 spiro atoms. The summed E-state index contributed by atoms with van der Waals surface area (Å²) in [7, 11) is 0. The molecule has 3 nitrogen and oxygen atoms in total. The van der Waals surface area contributed by atoms with Crippen LogP contribution >= 0.6 is 23.2 Å². The molecule has 22 heavy (non-hydrogen) atoms. The maximum Gasteiger partial charge on any atom is 0.134 e. The minimum absolute atomic E-state index is 0.304. The molecule has 0 saturated heterocycles. The molecule has 1 aromatic heterocycles. The molecule has 0 aliphatic heterocycles. The first-order valence-electron chi connectivity index (χ1n) is 6.79. The Morgan fingerprint density at radius 2 is 1.86 bits per heavy atom. The molecule has 0 aliphatic carbocycles. The summed E-state index contributed by atoms with van der Waals surface area (Å²) in [5.41, 5.74) is 0.0929. The third kappa shape index (κ3) is 2.88. The number of rotatable bonds is 4. The lowest BCUT2D eigenvalue weighted by Gasteiger charge is -2.30. The molecule has 2 aromatic carbocycles. The van der Waals surface area contributed by atoms with Crippen LogP contribution in [0.15, 0.2) is 67.3 Å². The fourth-order valence-corrected chi connectivity index (χ4v) is 3.08. The molecule has 1 atom stereocenters.